The monoisotopic (exact) mass is 456 g/mol. The molecule has 4 atom stereocenters. The maximum Gasteiger partial charge on any atom is 0.338 e. The molecule has 1 aliphatic heterocycles. The van der Waals surface area contributed by atoms with Crippen molar-refractivity contribution in [3.8, 4) is 0 Å². The van der Waals surface area contributed by atoms with Gasteiger partial charge in [-0.1, -0.05) is 60.7 Å². The fourth-order valence-corrected chi connectivity index (χ4v) is 4.72. The van der Waals surface area contributed by atoms with Gasteiger partial charge >= 0.3 is 11.9 Å². The smallest absolute Gasteiger partial charge is 0.338 e. The maximum atomic E-state index is 14.7. The minimum absolute atomic E-state index is 0.209. The van der Waals surface area contributed by atoms with E-state index in [2.05, 4.69) is 0 Å². The third-order valence-electron chi connectivity index (χ3n) is 6.66. The van der Waals surface area contributed by atoms with E-state index >= 15 is 0 Å². The Labute approximate surface area is 195 Å². The second kappa shape index (κ2) is 7.92. The van der Waals surface area contributed by atoms with E-state index in [1.165, 1.54) is 0 Å². The van der Waals surface area contributed by atoms with Crippen LogP contribution in [0.1, 0.15) is 27.1 Å². The molecule has 6 rings (SSSR count). The number of esters is 2. The quantitative estimate of drug-likeness (QED) is 0.392. The number of hydrogen-bond acceptors (Lipinski definition) is 5. The summed E-state index contributed by atoms with van der Waals surface area (Å²) in [4.78, 5) is 25.6. The Kier molecular flexibility index (Phi) is 4.85. The summed E-state index contributed by atoms with van der Waals surface area (Å²) in [6.45, 7) is -0.209. The summed E-state index contributed by atoms with van der Waals surface area (Å²) in [5.41, 5.74) is -0.406. The van der Waals surface area contributed by atoms with Crippen molar-refractivity contribution in [1.82, 2.24) is 0 Å². The van der Waals surface area contributed by atoms with Gasteiger partial charge in [0.2, 0.25) is 0 Å². The summed E-state index contributed by atoms with van der Waals surface area (Å²) in [5, 5.41) is 3.82. The van der Waals surface area contributed by atoms with Crippen molar-refractivity contribution in [3.05, 3.63) is 96.1 Å². The van der Waals surface area contributed by atoms with Gasteiger partial charge in [0.1, 0.15) is 11.7 Å². The van der Waals surface area contributed by atoms with Gasteiger partial charge in [-0.05, 0) is 45.8 Å². The molecule has 0 N–H and O–H groups in total. The summed E-state index contributed by atoms with van der Waals surface area (Å²) in [7, 11) is 0. The van der Waals surface area contributed by atoms with Crippen molar-refractivity contribution in [2.75, 3.05) is 6.61 Å². The number of rotatable bonds is 4. The molecule has 6 heteroatoms. The maximum absolute atomic E-state index is 14.7. The third-order valence-corrected chi connectivity index (χ3v) is 6.66. The normalized spacial score (nSPS) is 25.5. The molecule has 1 aliphatic carbocycles. The van der Waals surface area contributed by atoms with Crippen molar-refractivity contribution in [2.24, 2.45) is 0 Å². The molecule has 34 heavy (non-hydrogen) atoms. The highest BCUT2D eigenvalue weighted by Crippen LogP contribution is 2.52. The van der Waals surface area contributed by atoms with Crippen LogP contribution in [0, 0.1) is 0 Å². The largest absolute Gasteiger partial charge is 0.455 e. The first-order valence-electron chi connectivity index (χ1n) is 11.2. The number of fused-ring (bicyclic) bond motifs is 2. The zero-order chi connectivity index (χ0) is 23.3. The first-order valence-corrected chi connectivity index (χ1v) is 11.2. The molecule has 170 valence electrons. The van der Waals surface area contributed by atoms with Crippen LogP contribution < -0.4 is 0 Å². The summed E-state index contributed by atoms with van der Waals surface area (Å²) in [6, 6.07) is 25.9. The molecule has 5 nitrogen and oxygen atoms in total. The van der Waals surface area contributed by atoms with E-state index in [0.717, 1.165) is 21.5 Å². The standard InChI is InChI=1S/C28H21FO5/c29-23-16-32-28(25(23)34-27(31)22-12-10-18-6-2-4-8-20(18)14-22)15-24(28)33-26(30)21-11-9-17-5-1-3-7-19(17)13-21/h1-14,23-25H,15-16H2/t23-,24-,25+,28?/m1/s1. The third kappa shape index (κ3) is 3.51. The van der Waals surface area contributed by atoms with Crippen molar-refractivity contribution in [3.63, 3.8) is 0 Å². The van der Waals surface area contributed by atoms with Gasteiger partial charge in [0.25, 0.3) is 0 Å². The molecule has 1 unspecified atom stereocenters. The minimum Gasteiger partial charge on any atom is -0.455 e. The Morgan fingerprint density at radius 2 is 1.29 bits per heavy atom. The Morgan fingerprint density at radius 1 is 0.765 bits per heavy atom. The van der Waals surface area contributed by atoms with Gasteiger partial charge in [-0.15, -0.1) is 0 Å². The number of benzene rings is 4. The van der Waals surface area contributed by atoms with Crippen molar-refractivity contribution >= 4 is 33.5 Å². The van der Waals surface area contributed by atoms with Gasteiger partial charge in [0.15, 0.2) is 12.3 Å². The molecule has 1 heterocycles. The fraction of sp³-hybridized carbons (Fsp3) is 0.214. The Morgan fingerprint density at radius 3 is 1.88 bits per heavy atom. The predicted molar refractivity (Wildman–Crippen MR) is 124 cm³/mol. The van der Waals surface area contributed by atoms with Crippen LogP contribution in [0.2, 0.25) is 0 Å². The van der Waals surface area contributed by atoms with Crippen LogP contribution in [-0.4, -0.2) is 42.5 Å². The molecular formula is C28H21FO5. The minimum atomic E-state index is -1.49. The van der Waals surface area contributed by atoms with Gasteiger partial charge in [-0.2, -0.15) is 0 Å². The molecule has 0 aromatic heterocycles. The molecule has 1 saturated heterocycles. The summed E-state index contributed by atoms with van der Waals surface area (Å²) >= 11 is 0. The van der Waals surface area contributed by atoms with Crippen LogP contribution in [0.4, 0.5) is 4.39 Å². The van der Waals surface area contributed by atoms with Gasteiger partial charge in [0, 0.05) is 6.42 Å². The highest BCUT2D eigenvalue weighted by Gasteiger charge is 2.71. The lowest BCUT2D eigenvalue weighted by molar-refractivity contribution is -0.0406. The molecule has 0 amide bonds. The molecule has 2 aliphatic rings. The Bertz CT molecular complexity index is 1430. The average molecular weight is 456 g/mol. The van der Waals surface area contributed by atoms with Crippen LogP contribution in [0.5, 0.6) is 0 Å². The average Bonchev–Trinajstić information content (AvgIpc) is 3.48. The van der Waals surface area contributed by atoms with Crippen molar-refractivity contribution < 1.29 is 28.2 Å². The second-order valence-electron chi connectivity index (χ2n) is 8.83. The first-order chi connectivity index (χ1) is 16.5. The lowest BCUT2D eigenvalue weighted by Crippen LogP contribution is -2.38. The van der Waals surface area contributed by atoms with Gasteiger partial charge in [-0.3, -0.25) is 0 Å². The van der Waals surface area contributed by atoms with Crippen LogP contribution in [-0.2, 0) is 14.2 Å². The molecule has 1 saturated carbocycles. The highest BCUT2D eigenvalue weighted by atomic mass is 19.1. The molecule has 4 aromatic carbocycles. The molecule has 2 fully saturated rings. The fourth-order valence-electron chi connectivity index (χ4n) is 4.72. The van der Waals surface area contributed by atoms with Crippen molar-refractivity contribution in [1.29, 1.82) is 0 Å². The number of alkyl halides is 1. The van der Waals surface area contributed by atoms with E-state index in [9.17, 15) is 14.0 Å². The summed E-state index contributed by atoms with van der Waals surface area (Å²) in [5.74, 6) is -1.15. The topological polar surface area (TPSA) is 61.8 Å². The van der Waals surface area contributed by atoms with E-state index in [4.69, 9.17) is 14.2 Å². The van der Waals surface area contributed by atoms with Gasteiger partial charge in [0.05, 0.1) is 17.7 Å². The number of ether oxygens (including phenoxy) is 3. The van der Waals surface area contributed by atoms with Crippen LogP contribution in [0.15, 0.2) is 84.9 Å². The Hall–Kier alpha value is -3.77. The summed E-state index contributed by atoms with van der Waals surface area (Å²) in [6.07, 6.45) is -3.03. The van der Waals surface area contributed by atoms with E-state index in [1.807, 2.05) is 60.7 Å². The zero-order valence-electron chi connectivity index (χ0n) is 18.1. The SMILES string of the molecule is O=C(O[C@@H]1CC12OC[C@@H](F)[C@@H]2OC(=O)c1ccc2ccccc2c1)c1ccc2ccccc2c1. The predicted octanol–water partition coefficient (Wildman–Crippen LogP) is 5.25. The van der Waals surface area contributed by atoms with E-state index in [-0.39, 0.29) is 13.0 Å². The Balaban J connectivity index is 1.17. The molecule has 0 bridgehead atoms. The van der Waals surface area contributed by atoms with Crippen LogP contribution in [0.3, 0.4) is 0 Å². The summed E-state index contributed by atoms with van der Waals surface area (Å²) < 4.78 is 31.6. The first kappa shape index (κ1) is 20.8. The highest BCUT2D eigenvalue weighted by molar-refractivity contribution is 5.96. The van der Waals surface area contributed by atoms with Crippen molar-refractivity contribution in [2.45, 2.75) is 30.4 Å². The number of hydrogen-bond donors (Lipinski definition) is 0. The number of carbonyl (C=O) groups is 2. The second-order valence-corrected chi connectivity index (χ2v) is 8.83. The van der Waals surface area contributed by atoms with E-state index < -0.39 is 35.9 Å². The van der Waals surface area contributed by atoms with Gasteiger partial charge in [-0.25, -0.2) is 14.0 Å². The van der Waals surface area contributed by atoms with Gasteiger partial charge < -0.3 is 14.2 Å². The van der Waals surface area contributed by atoms with E-state index in [1.54, 1.807) is 24.3 Å². The van der Waals surface area contributed by atoms with E-state index in [0.29, 0.717) is 11.1 Å². The molecular weight excluding hydrogens is 435 g/mol. The molecule has 4 aromatic rings. The number of carbonyl (C=O) groups excluding carboxylic acids is 2. The molecule has 1 spiro atoms. The number of halogens is 1. The molecule has 0 radical (unpaired) electrons. The lowest BCUT2D eigenvalue weighted by atomic mass is 10.1. The van der Waals surface area contributed by atoms with Crippen LogP contribution in [0.25, 0.3) is 21.5 Å². The zero-order valence-corrected chi connectivity index (χ0v) is 18.1. The lowest BCUT2D eigenvalue weighted by Gasteiger charge is -2.20. The van der Waals surface area contributed by atoms with Crippen LogP contribution >= 0.6 is 0 Å².